The van der Waals surface area contributed by atoms with Gasteiger partial charge in [0.1, 0.15) is 5.75 Å². The molecule has 1 atom stereocenters. The molecule has 0 aromatic heterocycles. The molecule has 1 heterocycles. The first kappa shape index (κ1) is 21.7. The summed E-state index contributed by atoms with van der Waals surface area (Å²) in [5.41, 5.74) is 0.750. The van der Waals surface area contributed by atoms with Gasteiger partial charge in [-0.25, -0.2) is 0 Å². The first-order valence-corrected chi connectivity index (χ1v) is 9.07. The SMILES string of the molecule is CCOc1ccccc1NC(=O)C(C)N1CCC(CCNC)CC1.Cl. The fourth-order valence-electron chi connectivity index (χ4n) is 3.23. The van der Waals surface area contributed by atoms with Gasteiger partial charge in [-0.15, -0.1) is 12.4 Å². The Morgan fingerprint density at radius 2 is 2.00 bits per heavy atom. The second kappa shape index (κ2) is 11.3. The number of benzene rings is 1. The molecule has 1 aliphatic heterocycles. The van der Waals surface area contributed by atoms with Crippen molar-refractivity contribution in [2.45, 2.75) is 39.2 Å². The zero-order valence-electron chi connectivity index (χ0n) is 15.6. The summed E-state index contributed by atoms with van der Waals surface area (Å²) in [5, 5.41) is 6.24. The fraction of sp³-hybridized carbons (Fsp3) is 0.632. The third-order valence-corrected chi connectivity index (χ3v) is 4.82. The number of carbonyl (C=O) groups is 1. The Bertz CT molecular complexity index is 519. The van der Waals surface area contributed by atoms with Crippen LogP contribution in [0.1, 0.15) is 33.1 Å². The molecular formula is C19H32ClN3O2. The molecule has 1 aliphatic rings. The highest BCUT2D eigenvalue weighted by Gasteiger charge is 2.26. The lowest BCUT2D eigenvalue weighted by atomic mass is 9.93. The maximum atomic E-state index is 12.6. The van der Waals surface area contributed by atoms with Crippen LogP contribution in [0.25, 0.3) is 0 Å². The van der Waals surface area contributed by atoms with E-state index in [9.17, 15) is 4.79 Å². The Morgan fingerprint density at radius 1 is 1.32 bits per heavy atom. The van der Waals surface area contributed by atoms with E-state index in [1.54, 1.807) is 0 Å². The molecule has 0 aliphatic carbocycles. The van der Waals surface area contributed by atoms with E-state index < -0.39 is 0 Å². The molecule has 1 fully saturated rings. The second-order valence-corrected chi connectivity index (χ2v) is 6.47. The third kappa shape index (κ3) is 6.49. The standard InChI is InChI=1S/C19H31N3O2.ClH/c1-4-24-18-8-6-5-7-17(18)21-19(23)15(2)22-13-10-16(11-14-22)9-12-20-3;/h5-8,15-16,20H,4,9-14H2,1-3H3,(H,21,23);1H. The molecule has 0 spiro atoms. The van der Waals surface area contributed by atoms with Gasteiger partial charge in [0, 0.05) is 0 Å². The highest BCUT2D eigenvalue weighted by Crippen LogP contribution is 2.25. The van der Waals surface area contributed by atoms with Crippen molar-refractivity contribution in [3.05, 3.63) is 24.3 Å². The Hall–Kier alpha value is -1.30. The minimum atomic E-state index is -0.120. The first-order chi connectivity index (χ1) is 11.7. The summed E-state index contributed by atoms with van der Waals surface area (Å²) in [5.74, 6) is 1.55. The summed E-state index contributed by atoms with van der Waals surface area (Å²) in [4.78, 5) is 14.9. The number of hydrogen-bond acceptors (Lipinski definition) is 4. The minimum Gasteiger partial charge on any atom is -0.492 e. The van der Waals surface area contributed by atoms with Gasteiger partial charge < -0.3 is 15.4 Å². The maximum absolute atomic E-state index is 12.6. The highest BCUT2D eigenvalue weighted by atomic mass is 35.5. The number of ether oxygens (including phenoxy) is 1. The zero-order valence-corrected chi connectivity index (χ0v) is 16.4. The molecule has 2 N–H and O–H groups in total. The number of likely N-dealkylation sites (tertiary alicyclic amines) is 1. The van der Waals surface area contributed by atoms with Crippen LogP contribution in [0.2, 0.25) is 0 Å². The van der Waals surface area contributed by atoms with Crippen LogP contribution < -0.4 is 15.4 Å². The van der Waals surface area contributed by atoms with Crippen molar-refractivity contribution in [1.29, 1.82) is 0 Å². The third-order valence-electron chi connectivity index (χ3n) is 4.82. The van der Waals surface area contributed by atoms with Crippen molar-refractivity contribution >= 4 is 24.0 Å². The Labute approximate surface area is 157 Å². The van der Waals surface area contributed by atoms with E-state index in [0.717, 1.165) is 37.0 Å². The maximum Gasteiger partial charge on any atom is 0.241 e. The summed E-state index contributed by atoms with van der Waals surface area (Å²) in [6.07, 6.45) is 3.58. The smallest absolute Gasteiger partial charge is 0.241 e. The molecule has 25 heavy (non-hydrogen) atoms. The average Bonchev–Trinajstić information content (AvgIpc) is 2.61. The molecule has 1 amide bonds. The lowest BCUT2D eigenvalue weighted by molar-refractivity contribution is -0.121. The molecule has 1 unspecified atom stereocenters. The van der Waals surface area contributed by atoms with Crippen LogP contribution in [-0.2, 0) is 4.79 Å². The molecule has 0 saturated carbocycles. The van der Waals surface area contributed by atoms with Gasteiger partial charge in [0.25, 0.3) is 0 Å². The van der Waals surface area contributed by atoms with Crippen molar-refractivity contribution < 1.29 is 9.53 Å². The number of rotatable bonds is 8. The van der Waals surface area contributed by atoms with Crippen molar-refractivity contribution in [3.8, 4) is 5.75 Å². The number of carbonyl (C=O) groups excluding carboxylic acids is 1. The lowest BCUT2D eigenvalue weighted by Crippen LogP contribution is -2.46. The number of piperidine rings is 1. The number of nitrogens with one attached hydrogen (secondary N) is 2. The Kier molecular flexibility index (Phi) is 9.86. The van der Waals surface area contributed by atoms with E-state index >= 15 is 0 Å². The molecule has 1 saturated heterocycles. The van der Waals surface area contributed by atoms with Crippen LogP contribution in [0.4, 0.5) is 5.69 Å². The monoisotopic (exact) mass is 369 g/mol. The predicted octanol–water partition coefficient (Wildman–Crippen LogP) is 3.16. The normalized spacial score (nSPS) is 16.8. The van der Waals surface area contributed by atoms with Gasteiger partial charge in [0.2, 0.25) is 5.91 Å². The average molecular weight is 370 g/mol. The molecular weight excluding hydrogens is 338 g/mol. The van der Waals surface area contributed by atoms with Gasteiger partial charge in [-0.2, -0.15) is 0 Å². The van der Waals surface area contributed by atoms with Crippen LogP contribution in [0.15, 0.2) is 24.3 Å². The summed E-state index contributed by atoms with van der Waals surface area (Å²) in [6, 6.07) is 7.48. The van der Waals surface area contributed by atoms with Gasteiger partial charge >= 0.3 is 0 Å². The molecule has 0 bridgehead atoms. The van der Waals surface area contributed by atoms with Gasteiger partial charge in [-0.05, 0) is 77.8 Å². The van der Waals surface area contributed by atoms with Gasteiger partial charge in [-0.3, -0.25) is 9.69 Å². The summed E-state index contributed by atoms with van der Waals surface area (Å²) >= 11 is 0. The topological polar surface area (TPSA) is 53.6 Å². The molecule has 142 valence electrons. The van der Waals surface area contributed by atoms with Gasteiger partial charge in [-0.1, -0.05) is 12.1 Å². The largest absolute Gasteiger partial charge is 0.492 e. The number of nitrogens with zero attached hydrogens (tertiary/aromatic N) is 1. The molecule has 5 nitrogen and oxygen atoms in total. The van der Waals surface area contributed by atoms with Crippen LogP contribution in [0, 0.1) is 5.92 Å². The van der Waals surface area contributed by atoms with E-state index in [4.69, 9.17) is 4.74 Å². The molecule has 1 aromatic carbocycles. The summed E-state index contributed by atoms with van der Waals surface area (Å²) < 4.78 is 5.58. The van der Waals surface area contributed by atoms with Gasteiger partial charge in [0.05, 0.1) is 18.3 Å². The summed E-state index contributed by atoms with van der Waals surface area (Å²) in [6.45, 7) is 7.59. The van der Waals surface area contributed by atoms with Crippen LogP contribution >= 0.6 is 12.4 Å². The molecule has 0 radical (unpaired) electrons. The predicted molar refractivity (Wildman–Crippen MR) is 106 cm³/mol. The molecule has 2 rings (SSSR count). The van der Waals surface area contributed by atoms with Crippen LogP contribution in [-0.4, -0.2) is 50.1 Å². The Balaban J connectivity index is 0.00000312. The second-order valence-electron chi connectivity index (χ2n) is 6.47. The van der Waals surface area contributed by atoms with Crippen molar-refractivity contribution in [1.82, 2.24) is 10.2 Å². The van der Waals surface area contributed by atoms with E-state index in [1.165, 1.54) is 19.3 Å². The number of para-hydroxylation sites is 2. The van der Waals surface area contributed by atoms with E-state index in [1.807, 2.05) is 45.2 Å². The quantitative estimate of drug-likeness (QED) is 0.739. The van der Waals surface area contributed by atoms with Crippen LogP contribution in [0.5, 0.6) is 5.75 Å². The molecule has 1 aromatic rings. The number of anilines is 1. The zero-order chi connectivity index (χ0) is 17.4. The number of amides is 1. The fourth-order valence-corrected chi connectivity index (χ4v) is 3.23. The van der Waals surface area contributed by atoms with E-state index in [2.05, 4.69) is 15.5 Å². The number of hydrogen-bond donors (Lipinski definition) is 2. The highest BCUT2D eigenvalue weighted by molar-refractivity contribution is 5.95. The summed E-state index contributed by atoms with van der Waals surface area (Å²) in [7, 11) is 2.00. The van der Waals surface area contributed by atoms with Gasteiger partial charge in [0.15, 0.2) is 0 Å². The van der Waals surface area contributed by atoms with Crippen molar-refractivity contribution in [2.24, 2.45) is 5.92 Å². The minimum absolute atomic E-state index is 0. The first-order valence-electron chi connectivity index (χ1n) is 9.07. The Morgan fingerprint density at radius 3 is 2.64 bits per heavy atom. The van der Waals surface area contributed by atoms with E-state index in [-0.39, 0.29) is 24.4 Å². The molecule has 6 heteroatoms. The van der Waals surface area contributed by atoms with Crippen molar-refractivity contribution in [3.63, 3.8) is 0 Å². The van der Waals surface area contributed by atoms with Crippen molar-refractivity contribution in [2.75, 3.05) is 38.6 Å². The van der Waals surface area contributed by atoms with Crippen LogP contribution in [0.3, 0.4) is 0 Å². The number of halogens is 1. The van der Waals surface area contributed by atoms with E-state index in [0.29, 0.717) is 6.61 Å². The lowest BCUT2D eigenvalue weighted by Gasteiger charge is -2.35.